The summed E-state index contributed by atoms with van der Waals surface area (Å²) in [5.41, 5.74) is 0. The first-order chi connectivity index (χ1) is 5.33. The lowest BCUT2D eigenvalue weighted by Crippen LogP contribution is -2.39. The molecule has 0 spiro atoms. The molecule has 11 heavy (non-hydrogen) atoms. The third-order valence-electron chi connectivity index (χ3n) is 1.96. The van der Waals surface area contributed by atoms with Crippen molar-refractivity contribution in [2.45, 2.75) is 31.8 Å². The third-order valence-corrected chi connectivity index (χ3v) is 1.96. The minimum atomic E-state index is 0.193. The van der Waals surface area contributed by atoms with Crippen LogP contribution in [-0.4, -0.2) is 25.3 Å². The Balaban J connectivity index is 2.20. The average molecular weight is 153 g/mol. The quantitative estimate of drug-likeness (QED) is 0.592. The van der Waals surface area contributed by atoms with Crippen molar-refractivity contribution >= 4 is 0 Å². The molecule has 1 heterocycles. The number of ether oxygens (including phenoxy) is 1. The fraction of sp³-hybridized carbons (Fsp3) is 0.778. The summed E-state index contributed by atoms with van der Waals surface area (Å²) in [6, 6.07) is 0.757. The zero-order chi connectivity index (χ0) is 8.10. The minimum absolute atomic E-state index is 0.193. The summed E-state index contributed by atoms with van der Waals surface area (Å²) in [7, 11) is 0. The van der Waals surface area contributed by atoms with Crippen LogP contribution in [0.25, 0.3) is 0 Å². The maximum absolute atomic E-state index is 5.25. The summed E-state index contributed by atoms with van der Waals surface area (Å²) in [6.45, 7) is 3.75. The lowest BCUT2D eigenvalue weighted by molar-refractivity contribution is 0.0770. The second-order valence-corrected chi connectivity index (χ2v) is 2.94. The summed E-state index contributed by atoms with van der Waals surface area (Å²) in [6.07, 6.45) is 7.42. The molecule has 0 saturated carbocycles. The zero-order valence-electron chi connectivity index (χ0n) is 6.97. The van der Waals surface area contributed by atoms with Gasteiger partial charge in [-0.15, -0.1) is 6.42 Å². The van der Waals surface area contributed by atoms with E-state index in [2.05, 4.69) is 11.2 Å². The maximum Gasteiger partial charge on any atom is 0.0660 e. The lowest BCUT2D eigenvalue weighted by atomic mass is 10.1. The van der Waals surface area contributed by atoms with Crippen LogP contribution in [0.15, 0.2) is 0 Å². The van der Waals surface area contributed by atoms with E-state index in [1.807, 2.05) is 6.92 Å². The summed E-state index contributed by atoms with van der Waals surface area (Å²) < 4.78 is 5.22. The van der Waals surface area contributed by atoms with Gasteiger partial charge in [-0.1, -0.05) is 5.92 Å². The molecule has 2 heteroatoms. The highest BCUT2D eigenvalue weighted by Gasteiger charge is 2.14. The van der Waals surface area contributed by atoms with Crippen LogP contribution < -0.4 is 5.32 Å². The van der Waals surface area contributed by atoms with E-state index >= 15 is 0 Å². The monoisotopic (exact) mass is 153 g/mol. The molecule has 1 atom stereocenters. The van der Waals surface area contributed by atoms with Gasteiger partial charge in [-0.3, -0.25) is 0 Å². The predicted molar refractivity (Wildman–Crippen MR) is 45.3 cm³/mol. The smallest absolute Gasteiger partial charge is 0.0660 e. The van der Waals surface area contributed by atoms with Gasteiger partial charge >= 0.3 is 0 Å². The van der Waals surface area contributed by atoms with E-state index in [4.69, 9.17) is 11.2 Å². The van der Waals surface area contributed by atoms with Crippen LogP contribution in [0.4, 0.5) is 0 Å². The molecule has 0 aliphatic carbocycles. The highest BCUT2D eigenvalue weighted by molar-refractivity contribution is 4.97. The van der Waals surface area contributed by atoms with Gasteiger partial charge in [0.05, 0.1) is 6.04 Å². The number of hydrogen-bond donors (Lipinski definition) is 1. The topological polar surface area (TPSA) is 21.3 Å². The first-order valence-electron chi connectivity index (χ1n) is 4.13. The van der Waals surface area contributed by atoms with Gasteiger partial charge in [-0.05, 0) is 19.8 Å². The third kappa shape index (κ3) is 2.92. The first kappa shape index (κ1) is 8.58. The fourth-order valence-corrected chi connectivity index (χ4v) is 1.27. The molecule has 1 fully saturated rings. The van der Waals surface area contributed by atoms with Gasteiger partial charge in [-0.25, -0.2) is 0 Å². The number of hydrogen-bond acceptors (Lipinski definition) is 2. The largest absolute Gasteiger partial charge is 0.381 e. The molecular formula is C9H15NO. The molecular weight excluding hydrogens is 138 g/mol. The van der Waals surface area contributed by atoms with Crippen molar-refractivity contribution in [2.24, 2.45) is 0 Å². The second kappa shape index (κ2) is 4.38. The fourth-order valence-electron chi connectivity index (χ4n) is 1.27. The van der Waals surface area contributed by atoms with Crippen LogP contribution in [0.2, 0.25) is 0 Å². The molecule has 1 aliphatic heterocycles. The Morgan fingerprint density at radius 3 is 2.73 bits per heavy atom. The van der Waals surface area contributed by atoms with Crippen molar-refractivity contribution in [3.63, 3.8) is 0 Å². The second-order valence-electron chi connectivity index (χ2n) is 2.94. The van der Waals surface area contributed by atoms with Crippen LogP contribution in [0.5, 0.6) is 0 Å². The summed E-state index contributed by atoms with van der Waals surface area (Å²) in [5.74, 6) is 2.66. The van der Waals surface area contributed by atoms with Crippen molar-refractivity contribution in [1.29, 1.82) is 0 Å². The molecule has 1 N–H and O–H groups in total. The molecule has 0 radical (unpaired) electrons. The highest BCUT2D eigenvalue weighted by Crippen LogP contribution is 2.06. The first-order valence-corrected chi connectivity index (χ1v) is 4.13. The summed E-state index contributed by atoms with van der Waals surface area (Å²) in [5, 5.41) is 3.35. The molecule has 0 bridgehead atoms. The van der Waals surface area contributed by atoms with Crippen LogP contribution in [0.3, 0.4) is 0 Å². The molecule has 0 aromatic carbocycles. The van der Waals surface area contributed by atoms with Crippen molar-refractivity contribution in [1.82, 2.24) is 5.32 Å². The van der Waals surface area contributed by atoms with E-state index < -0.39 is 0 Å². The van der Waals surface area contributed by atoms with E-state index in [9.17, 15) is 0 Å². The van der Waals surface area contributed by atoms with Gasteiger partial charge in [0.2, 0.25) is 0 Å². The molecule has 1 rings (SSSR count). The van der Waals surface area contributed by atoms with Crippen molar-refractivity contribution in [2.75, 3.05) is 13.2 Å². The zero-order valence-corrected chi connectivity index (χ0v) is 6.97. The lowest BCUT2D eigenvalue weighted by Gasteiger charge is -2.24. The summed E-state index contributed by atoms with van der Waals surface area (Å²) in [4.78, 5) is 0. The van der Waals surface area contributed by atoms with E-state index in [0.717, 1.165) is 26.1 Å². The average Bonchev–Trinajstić information content (AvgIpc) is 2.06. The van der Waals surface area contributed by atoms with Gasteiger partial charge in [0, 0.05) is 19.3 Å². The SMILES string of the molecule is C#CC(C)NC1CCOCC1. The van der Waals surface area contributed by atoms with Gasteiger partial charge < -0.3 is 10.1 Å². The Kier molecular flexibility index (Phi) is 3.41. The molecule has 0 amide bonds. The Morgan fingerprint density at radius 2 is 2.18 bits per heavy atom. The van der Waals surface area contributed by atoms with Gasteiger partial charge in [0.1, 0.15) is 0 Å². The Labute approximate surface area is 68.3 Å². The molecule has 0 aromatic heterocycles. The molecule has 1 unspecified atom stereocenters. The molecule has 0 aromatic rings. The van der Waals surface area contributed by atoms with E-state index in [1.165, 1.54) is 0 Å². The normalized spacial score (nSPS) is 22.5. The maximum atomic E-state index is 5.25. The van der Waals surface area contributed by atoms with Crippen LogP contribution in [0, 0.1) is 12.3 Å². The van der Waals surface area contributed by atoms with E-state index in [-0.39, 0.29) is 6.04 Å². The van der Waals surface area contributed by atoms with Gasteiger partial charge in [0.25, 0.3) is 0 Å². The minimum Gasteiger partial charge on any atom is -0.381 e. The van der Waals surface area contributed by atoms with Gasteiger partial charge in [0.15, 0.2) is 0 Å². The number of rotatable bonds is 2. The summed E-state index contributed by atoms with van der Waals surface area (Å²) >= 11 is 0. The highest BCUT2D eigenvalue weighted by atomic mass is 16.5. The van der Waals surface area contributed by atoms with Crippen LogP contribution >= 0.6 is 0 Å². The molecule has 2 nitrogen and oxygen atoms in total. The van der Waals surface area contributed by atoms with Crippen molar-refractivity contribution in [3.05, 3.63) is 0 Å². The van der Waals surface area contributed by atoms with Crippen LogP contribution in [0.1, 0.15) is 19.8 Å². The van der Waals surface area contributed by atoms with E-state index in [0.29, 0.717) is 6.04 Å². The van der Waals surface area contributed by atoms with Gasteiger partial charge in [-0.2, -0.15) is 0 Å². The number of terminal acetylenes is 1. The molecule has 62 valence electrons. The number of nitrogens with one attached hydrogen (secondary N) is 1. The Morgan fingerprint density at radius 1 is 1.55 bits per heavy atom. The van der Waals surface area contributed by atoms with E-state index in [1.54, 1.807) is 0 Å². The Hall–Kier alpha value is -0.520. The van der Waals surface area contributed by atoms with Crippen LogP contribution in [-0.2, 0) is 4.74 Å². The van der Waals surface area contributed by atoms with Crippen molar-refractivity contribution in [3.8, 4) is 12.3 Å². The Bertz CT molecular complexity index is 144. The molecule has 1 saturated heterocycles. The standard InChI is InChI=1S/C9H15NO/c1-3-8(2)10-9-4-6-11-7-5-9/h1,8-10H,4-7H2,2H3. The van der Waals surface area contributed by atoms with Crippen molar-refractivity contribution < 1.29 is 4.74 Å². The molecule has 1 aliphatic rings. The predicted octanol–water partition coefficient (Wildman–Crippen LogP) is 0.777.